The summed E-state index contributed by atoms with van der Waals surface area (Å²) in [6, 6.07) is 10.5. The summed E-state index contributed by atoms with van der Waals surface area (Å²) in [6.45, 7) is 31.5. The predicted molar refractivity (Wildman–Crippen MR) is 214 cm³/mol. The fraction of sp³-hybridized carbons (Fsp3) is 0.510. The van der Waals surface area contributed by atoms with Crippen molar-refractivity contribution in [2.75, 3.05) is 0 Å². The second-order valence-electron chi connectivity index (χ2n) is 18.3. The van der Waals surface area contributed by atoms with E-state index < -0.39 is 0 Å². The first-order chi connectivity index (χ1) is 23.2. The van der Waals surface area contributed by atoms with Crippen LogP contribution in [0.1, 0.15) is 108 Å². The third-order valence-electron chi connectivity index (χ3n) is 15.5. The van der Waals surface area contributed by atoms with Crippen LogP contribution in [0.4, 0.5) is 0 Å². The van der Waals surface area contributed by atoms with Gasteiger partial charge in [0, 0.05) is 10.8 Å². The Hall–Kier alpha value is -2.11. The van der Waals surface area contributed by atoms with E-state index in [1.54, 1.807) is 0 Å². The normalized spacial score (nSPS) is 41.4. The van der Waals surface area contributed by atoms with Gasteiger partial charge in [-0.15, -0.1) is 17.4 Å². The van der Waals surface area contributed by atoms with E-state index in [4.69, 9.17) is 0 Å². The molecule has 264 valence electrons. The second kappa shape index (κ2) is 13.4. The van der Waals surface area contributed by atoms with E-state index >= 15 is 0 Å². The van der Waals surface area contributed by atoms with Crippen LogP contribution >= 0.6 is 0 Å². The van der Waals surface area contributed by atoms with Gasteiger partial charge in [-0.1, -0.05) is 167 Å². The number of rotatable bonds is 3. The van der Waals surface area contributed by atoms with Crippen LogP contribution in [-0.4, -0.2) is 3.21 Å². The van der Waals surface area contributed by atoms with Crippen LogP contribution in [0.25, 0.3) is 0 Å². The Bertz CT molecular complexity index is 1720. The molecular formula is C49H64Zr. The fourth-order valence-electron chi connectivity index (χ4n) is 11.4. The third kappa shape index (κ3) is 5.32. The molecular weight excluding hydrogens is 680 g/mol. The van der Waals surface area contributed by atoms with E-state index in [-0.39, 0.29) is 37.9 Å². The summed E-state index contributed by atoms with van der Waals surface area (Å²) in [6.07, 6.45) is 39.7. The summed E-state index contributed by atoms with van der Waals surface area (Å²) in [4.78, 5) is 0. The molecule has 6 aliphatic rings. The van der Waals surface area contributed by atoms with Crippen LogP contribution in [0.15, 0.2) is 120 Å². The van der Waals surface area contributed by atoms with Gasteiger partial charge in [0.15, 0.2) is 0 Å². The molecule has 0 aromatic heterocycles. The van der Waals surface area contributed by atoms with E-state index in [1.165, 1.54) is 57.0 Å². The van der Waals surface area contributed by atoms with E-state index in [9.17, 15) is 0 Å². The minimum atomic E-state index is 0.00615. The molecule has 6 aliphatic carbocycles. The van der Waals surface area contributed by atoms with E-state index in [2.05, 4.69) is 206 Å². The Morgan fingerprint density at radius 1 is 0.800 bits per heavy atom. The van der Waals surface area contributed by atoms with Crippen LogP contribution in [0.5, 0.6) is 0 Å². The molecule has 50 heavy (non-hydrogen) atoms. The molecule has 7 rings (SSSR count). The molecule has 2 fully saturated rings. The Balaban J connectivity index is 0.000000190. The van der Waals surface area contributed by atoms with E-state index in [0.29, 0.717) is 17.3 Å². The number of hydrogen-bond donors (Lipinski definition) is 0. The summed E-state index contributed by atoms with van der Waals surface area (Å²) in [5.74, 6) is 1.05. The quantitative estimate of drug-likeness (QED) is 0.271. The molecule has 9 unspecified atom stereocenters. The predicted octanol–water partition coefficient (Wildman–Crippen LogP) is 13.2. The molecule has 2 saturated carbocycles. The standard InChI is InChI=1S/C29H37.C12H19.C8H8.Zr/c1-21-14-13-15-22-20-27(6)25(4)18-10-9-16-23(25,2)24(3)17-11-12-19-26(24,5)29(27,8)28(21,22)7;1-5-6-10-7-8-11(9-10)12(2,3)4;1-2-8-6-4-3-5-7-8;/h9-20,22H,1-8H3;8-10H,5-6H2,1-4H3;3-7H,1H3;/q2*-1;;+2. The van der Waals surface area contributed by atoms with Gasteiger partial charge >= 0.3 is 70.3 Å². The zero-order valence-electron chi connectivity index (χ0n) is 33.5. The Morgan fingerprint density at radius 3 is 1.84 bits per heavy atom. The van der Waals surface area contributed by atoms with Crippen LogP contribution in [0.3, 0.4) is 0 Å². The maximum absolute atomic E-state index is 3.40. The Kier molecular flexibility index (Phi) is 10.5. The van der Waals surface area contributed by atoms with Crippen LogP contribution < -0.4 is 0 Å². The number of benzene rings is 1. The first-order valence-corrected chi connectivity index (χ1v) is 20.3. The van der Waals surface area contributed by atoms with Gasteiger partial charge < -0.3 is 6.42 Å². The van der Waals surface area contributed by atoms with Gasteiger partial charge in [-0.2, -0.15) is 11.6 Å². The van der Waals surface area contributed by atoms with Gasteiger partial charge in [-0.05, 0) is 28.6 Å². The van der Waals surface area contributed by atoms with Crippen molar-refractivity contribution in [3.63, 3.8) is 0 Å². The molecule has 0 spiro atoms. The van der Waals surface area contributed by atoms with Crippen molar-refractivity contribution in [3.05, 3.63) is 139 Å². The van der Waals surface area contributed by atoms with Gasteiger partial charge in [0.1, 0.15) is 0 Å². The van der Waals surface area contributed by atoms with Crippen LogP contribution in [0.2, 0.25) is 0 Å². The first-order valence-electron chi connectivity index (χ1n) is 19.1. The van der Waals surface area contributed by atoms with Gasteiger partial charge in [-0.3, -0.25) is 6.08 Å². The monoisotopic (exact) mass is 742 g/mol. The van der Waals surface area contributed by atoms with E-state index in [0.717, 1.165) is 0 Å². The molecule has 0 aliphatic heterocycles. The molecule has 9 atom stereocenters. The van der Waals surface area contributed by atoms with Crippen molar-refractivity contribution in [1.82, 2.24) is 0 Å². The first kappa shape index (κ1) is 39.1. The van der Waals surface area contributed by atoms with Crippen LogP contribution in [-0.2, 0) is 24.2 Å². The molecule has 0 bridgehead atoms. The van der Waals surface area contributed by atoms with Gasteiger partial charge in [-0.25, -0.2) is 6.08 Å². The summed E-state index contributed by atoms with van der Waals surface area (Å²) >= 11 is 1.51. The summed E-state index contributed by atoms with van der Waals surface area (Å²) < 4.78 is 1.46. The summed E-state index contributed by atoms with van der Waals surface area (Å²) in [5.41, 5.74) is 4.85. The molecule has 1 aromatic carbocycles. The topological polar surface area (TPSA) is 0 Å². The van der Waals surface area contributed by atoms with Crippen molar-refractivity contribution in [2.45, 2.75) is 103 Å². The van der Waals surface area contributed by atoms with Crippen LogP contribution in [0, 0.1) is 67.7 Å². The van der Waals surface area contributed by atoms with Crippen molar-refractivity contribution >= 4 is 3.21 Å². The second-order valence-corrected chi connectivity index (χ2v) is 20.1. The Morgan fingerprint density at radius 2 is 1.34 bits per heavy atom. The van der Waals surface area contributed by atoms with Gasteiger partial charge in [0.05, 0.1) is 0 Å². The van der Waals surface area contributed by atoms with Crippen molar-refractivity contribution < 1.29 is 24.2 Å². The zero-order chi connectivity index (χ0) is 37.0. The van der Waals surface area contributed by atoms with Crippen molar-refractivity contribution in [3.8, 4) is 0 Å². The summed E-state index contributed by atoms with van der Waals surface area (Å²) in [7, 11) is 0. The molecule has 1 aromatic rings. The fourth-order valence-corrected chi connectivity index (χ4v) is 11.8. The molecule has 1 heteroatoms. The Labute approximate surface area is 322 Å². The van der Waals surface area contributed by atoms with Crippen molar-refractivity contribution in [1.29, 1.82) is 0 Å². The van der Waals surface area contributed by atoms with Gasteiger partial charge in [0.2, 0.25) is 0 Å². The SMILES string of the molecule is CC1=CC=CC2[CH-]C3(C)C4(C)C=CC=CC4(C)C4(C)C=CC=CC4(C)C3(C)C12C.CCCC1[C-]=CC(C(C)(C)C)=C1.C[C](=[Zr+2])c1ccccc1. The number of allylic oxidation sites excluding steroid dienone is 16. The summed E-state index contributed by atoms with van der Waals surface area (Å²) in [5, 5.41) is 0. The molecule has 0 radical (unpaired) electrons. The molecule has 0 saturated heterocycles. The third-order valence-corrected chi connectivity index (χ3v) is 16.3. The molecule has 0 amide bonds. The average Bonchev–Trinajstić information content (AvgIpc) is 3.62. The number of fused-ring (bicyclic) bond motifs is 8. The molecule has 0 nitrogen and oxygen atoms in total. The minimum absolute atomic E-state index is 0.00615. The van der Waals surface area contributed by atoms with Gasteiger partial charge in [0.25, 0.3) is 0 Å². The molecule has 0 N–H and O–H groups in total. The molecule has 0 heterocycles. The number of hydrogen-bond acceptors (Lipinski definition) is 0. The van der Waals surface area contributed by atoms with E-state index in [1.807, 2.05) is 6.07 Å². The maximum atomic E-state index is 3.40. The zero-order valence-corrected chi connectivity index (χ0v) is 36.0. The average molecular weight is 744 g/mol. The van der Waals surface area contributed by atoms with Crippen molar-refractivity contribution in [2.24, 2.45) is 55.2 Å².